The number of nitrogens with one attached hydrogen (secondary N) is 1. The third-order valence-electron chi connectivity index (χ3n) is 2.23. The number of carbonyl (C=O) groups is 1. The molecular formula is C11H16N2O2. The largest absolute Gasteiger partial charge is 0.350 e. The van der Waals surface area contributed by atoms with Gasteiger partial charge < -0.3 is 10.5 Å². The molecule has 1 aromatic carbocycles. The van der Waals surface area contributed by atoms with Gasteiger partial charge in [0.15, 0.2) is 0 Å². The van der Waals surface area contributed by atoms with Crippen LogP contribution in [0.3, 0.4) is 0 Å². The molecule has 4 heteroatoms. The van der Waals surface area contributed by atoms with Gasteiger partial charge in [0.25, 0.3) is 5.91 Å². The minimum Gasteiger partial charge on any atom is -0.350 e. The summed E-state index contributed by atoms with van der Waals surface area (Å²) in [6.45, 7) is 2.24. The third kappa shape index (κ3) is 3.69. The molecule has 0 aromatic heterocycles. The van der Waals surface area contributed by atoms with Crippen LogP contribution in [0.2, 0.25) is 0 Å². The molecule has 1 unspecified atom stereocenters. The molecule has 82 valence electrons. The van der Waals surface area contributed by atoms with E-state index >= 15 is 0 Å². The predicted molar refractivity (Wildman–Crippen MR) is 57.8 cm³/mol. The van der Waals surface area contributed by atoms with E-state index in [4.69, 9.17) is 5.21 Å². The first-order chi connectivity index (χ1) is 7.11. The number of carbonyl (C=O) groups excluding carboxylic acids is 1. The van der Waals surface area contributed by atoms with Crippen LogP contribution in [0.15, 0.2) is 30.3 Å². The second kappa shape index (κ2) is 5.48. The van der Waals surface area contributed by atoms with Crippen LogP contribution >= 0.6 is 0 Å². The molecule has 2 N–H and O–H groups in total. The minimum absolute atomic E-state index is 0.0994. The first kappa shape index (κ1) is 11.7. The van der Waals surface area contributed by atoms with Crippen molar-refractivity contribution in [1.29, 1.82) is 0 Å². The van der Waals surface area contributed by atoms with Crippen LogP contribution < -0.4 is 5.32 Å². The average molecular weight is 208 g/mol. The summed E-state index contributed by atoms with van der Waals surface area (Å²) in [5, 5.41) is 12.9. The maximum Gasteiger partial charge on any atom is 0.251 e. The fraction of sp³-hybridized carbons (Fsp3) is 0.364. The number of hydroxylamine groups is 2. The van der Waals surface area contributed by atoms with Crippen LogP contribution in [-0.2, 0) is 0 Å². The lowest BCUT2D eigenvalue weighted by molar-refractivity contribution is -0.0950. The molecule has 4 nitrogen and oxygen atoms in total. The summed E-state index contributed by atoms with van der Waals surface area (Å²) in [7, 11) is 1.55. The van der Waals surface area contributed by atoms with Gasteiger partial charge in [-0.05, 0) is 19.1 Å². The first-order valence-electron chi connectivity index (χ1n) is 4.86. The van der Waals surface area contributed by atoms with E-state index < -0.39 is 0 Å². The average Bonchev–Trinajstić information content (AvgIpc) is 2.26. The topological polar surface area (TPSA) is 52.6 Å². The van der Waals surface area contributed by atoms with Gasteiger partial charge in [0.2, 0.25) is 0 Å². The van der Waals surface area contributed by atoms with Crippen LogP contribution in [0.5, 0.6) is 0 Å². The summed E-state index contributed by atoms with van der Waals surface area (Å²) >= 11 is 0. The number of rotatable bonds is 4. The third-order valence-corrected chi connectivity index (χ3v) is 2.23. The van der Waals surface area contributed by atoms with Gasteiger partial charge in [0, 0.05) is 25.2 Å². The number of hydrogen-bond acceptors (Lipinski definition) is 3. The second-order valence-corrected chi connectivity index (χ2v) is 3.50. The molecule has 1 aromatic rings. The van der Waals surface area contributed by atoms with Crippen LogP contribution in [0.25, 0.3) is 0 Å². The second-order valence-electron chi connectivity index (χ2n) is 3.50. The summed E-state index contributed by atoms with van der Waals surface area (Å²) in [5.41, 5.74) is 0.630. The predicted octanol–water partition coefficient (Wildman–Crippen LogP) is 1.13. The highest BCUT2D eigenvalue weighted by molar-refractivity contribution is 5.94. The van der Waals surface area contributed by atoms with Crippen molar-refractivity contribution >= 4 is 5.91 Å². The van der Waals surface area contributed by atoms with Crippen molar-refractivity contribution in [3.8, 4) is 0 Å². The Balaban J connectivity index is 2.44. The molecule has 1 atom stereocenters. The normalized spacial score (nSPS) is 12.5. The summed E-state index contributed by atoms with van der Waals surface area (Å²) in [6, 6.07) is 8.90. The minimum atomic E-state index is -0.121. The fourth-order valence-corrected chi connectivity index (χ4v) is 1.06. The van der Waals surface area contributed by atoms with Gasteiger partial charge in [-0.2, -0.15) is 5.06 Å². The van der Waals surface area contributed by atoms with Gasteiger partial charge in [-0.3, -0.25) is 4.79 Å². The maximum atomic E-state index is 11.6. The molecule has 0 aliphatic carbocycles. The summed E-state index contributed by atoms with van der Waals surface area (Å²) in [6.07, 6.45) is 0. The highest BCUT2D eigenvalue weighted by Gasteiger charge is 2.09. The van der Waals surface area contributed by atoms with E-state index in [9.17, 15) is 4.79 Å². The van der Waals surface area contributed by atoms with Crippen LogP contribution in [-0.4, -0.2) is 35.8 Å². The SMILES string of the molecule is CC(CNC(=O)c1ccccc1)N(C)O. The lowest BCUT2D eigenvalue weighted by atomic mass is 10.2. The first-order valence-corrected chi connectivity index (χ1v) is 4.86. The molecule has 0 heterocycles. The Bertz CT molecular complexity index is 312. The molecule has 1 amide bonds. The van der Waals surface area contributed by atoms with Crippen molar-refractivity contribution in [2.24, 2.45) is 0 Å². The molecule has 0 radical (unpaired) electrons. The standard InChI is InChI=1S/C11H16N2O2/c1-9(13(2)15)8-12-11(14)10-6-4-3-5-7-10/h3-7,9,15H,8H2,1-2H3,(H,12,14). The van der Waals surface area contributed by atoms with Gasteiger partial charge in [-0.15, -0.1) is 0 Å². The zero-order valence-corrected chi connectivity index (χ0v) is 8.97. The zero-order valence-electron chi connectivity index (χ0n) is 8.97. The van der Waals surface area contributed by atoms with E-state index in [1.807, 2.05) is 25.1 Å². The van der Waals surface area contributed by atoms with Crippen LogP contribution in [0, 0.1) is 0 Å². The smallest absolute Gasteiger partial charge is 0.251 e. The number of benzene rings is 1. The van der Waals surface area contributed by atoms with Gasteiger partial charge >= 0.3 is 0 Å². The molecule has 0 bridgehead atoms. The molecule has 0 saturated heterocycles. The van der Waals surface area contributed by atoms with Gasteiger partial charge in [0.05, 0.1) is 0 Å². The molecule has 0 aliphatic heterocycles. The Labute approximate surface area is 89.5 Å². The van der Waals surface area contributed by atoms with E-state index in [1.54, 1.807) is 19.2 Å². The maximum absolute atomic E-state index is 11.6. The molecule has 1 rings (SSSR count). The lowest BCUT2D eigenvalue weighted by Gasteiger charge is -2.18. The van der Waals surface area contributed by atoms with E-state index in [-0.39, 0.29) is 11.9 Å². The van der Waals surface area contributed by atoms with Gasteiger partial charge in [-0.25, -0.2) is 0 Å². The summed E-state index contributed by atoms with van der Waals surface area (Å²) in [5.74, 6) is -0.121. The molecule has 0 saturated carbocycles. The van der Waals surface area contributed by atoms with E-state index in [0.29, 0.717) is 12.1 Å². The number of hydrogen-bond donors (Lipinski definition) is 2. The Kier molecular flexibility index (Phi) is 4.27. The Morgan fingerprint density at radius 1 is 1.47 bits per heavy atom. The van der Waals surface area contributed by atoms with Crippen LogP contribution in [0.1, 0.15) is 17.3 Å². The van der Waals surface area contributed by atoms with E-state index in [0.717, 1.165) is 5.06 Å². The van der Waals surface area contributed by atoms with Crippen molar-refractivity contribution < 1.29 is 10.0 Å². The highest BCUT2D eigenvalue weighted by Crippen LogP contribution is 1.98. The molecule has 15 heavy (non-hydrogen) atoms. The van der Waals surface area contributed by atoms with Crippen molar-refractivity contribution in [3.05, 3.63) is 35.9 Å². The lowest BCUT2D eigenvalue weighted by Crippen LogP contribution is -2.38. The summed E-state index contributed by atoms with van der Waals surface area (Å²) < 4.78 is 0. The number of nitrogens with zero attached hydrogens (tertiary/aromatic N) is 1. The molecular weight excluding hydrogens is 192 g/mol. The fourth-order valence-electron chi connectivity index (χ4n) is 1.06. The number of amides is 1. The van der Waals surface area contributed by atoms with Crippen molar-refractivity contribution in [1.82, 2.24) is 10.4 Å². The Hall–Kier alpha value is -1.39. The van der Waals surface area contributed by atoms with Crippen LogP contribution in [0.4, 0.5) is 0 Å². The Morgan fingerprint density at radius 3 is 2.60 bits per heavy atom. The van der Waals surface area contributed by atoms with Crippen molar-refractivity contribution in [2.45, 2.75) is 13.0 Å². The molecule has 0 aliphatic rings. The quantitative estimate of drug-likeness (QED) is 0.729. The Morgan fingerprint density at radius 2 is 2.07 bits per heavy atom. The van der Waals surface area contributed by atoms with Gasteiger partial charge in [0.1, 0.15) is 0 Å². The van der Waals surface area contributed by atoms with E-state index in [2.05, 4.69) is 5.32 Å². The van der Waals surface area contributed by atoms with Crippen molar-refractivity contribution in [3.63, 3.8) is 0 Å². The van der Waals surface area contributed by atoms with Gasteiger partial charge in [-0.1, -0.05) is 18.2 Å². The van der Waals surface area contributed by atoms with E-state index in [1.165, 1.54) is 0 Å². The molecule has 0 fully saturated rings. The zero-order chi connectivity index (χ0) is 11.3. The highest BCUT2D eigenvalue weighted by atomic mass is 16.5. The summed E-state index contributed by atoms with van der Waals surface area (Å²) in [4.78, 5) is 11.6. The van der Waals surface area contributed by atoms with Crippen molar-refractivity contribution in [2.75, 3.05) is 13.6 Å². The monoisotopic (exact) mass is 208 g/mol. The number of likely N-dealkylation sites (N-methyl/N-ethyl adjacent to an activating group) is 1. The molecule has 0 spiro atoms.